The molecule has 4 rings (SSSR count). The lowest BCUT2D eigenvalue weighted by Crippen LogP contribution is -2.46. The number of amides is 1. The molecule has 0 unspecified atom stereocenters. The molecule has 1 aliphatic heterocycles. The van der Waals surface area contributed by atoms with Crippen molar-refractivity contribution in [1.82, 2.24) is 14.9 Å². The van der Waals surface area contributed by atoms with Crippen molar-refractivity contribution in [2.75, 3.05) is 42.9 Å². The number of rotatable bonds is 4. The summed E-state index contributed by atoms with van der Waals surface area (Å²) in [5.74, 6) is -0.135. The van der Waals surface area contributed by atoms with Crippen molar-refractivity contribution in [2.24, 2.45) is 0 Å². The summed E-state index contributed by atoms with van der Waals surface area (Å²) in [5.41, 5.74) is 7.03. The van der Waals surface area contributed by atoms with Crippen LogP contribution in [0.1, 0.15) is 34.2 Å². The Labute approximate surface area is 177 Å². The number of anilines is 2. The van der Waals surface area contributed by atoms with Gasteiger partial charge in [-0.15, -0.1) is 0 Å². The number of carbonyl (C=O) groups excluding carboxylic acids is 1. The molecule has 0 saturated carbocycles. The van der Waals surface area contributed by atoms with Crippen LogP contribution in [0.2, 0.25) is 0 Å². The fourth-order valence-corrected chi connectivity index (χ4v) is 3.87. The van der Waals surface area contributed by atoms with E-state index >= 15 is 0 Å². The zero-order valence-corrected chi connectivity index (χ0v) is 18.2. The number of nitrogens with one attached hydrogen (secondary N) is 1. The van der Waals surface area contributed by atoms with Crippen LogP contribution in [0, 0.1) is 20.8 Å². The van der Waals surface area contributed by atoms with Crippen LogP contribution < -0.4 is 10.2 Å². The molecule has 0 aliphatic carbocycles. The van der Waals surface area contributed by atoms with E-state index < -0.39 is 0 Å². The largest absolute Gasteiger partial charge is 0.369 e. The maximum absolute atomic E-state index is 12.8. The summed E-state index contributed by atoms with van der Waals surface area (Å²) in [6.45, 7) is 13.5. The van der Waals surface area contributed by atoms with Crippen LogP contribution in [0.3, 0.4) is 0 Å². The lowest BCUT2D eigenvalue weighted by atomic mass is 10.1. The molecule has 0 spiro atoms. The van der Waals surface area contributed by atoms with Gasteiger partial charge in [0.15, 0.2) is 0 Å². The zero-order chi connectivity index (χ0) is 21.3. The van der Waals surface area contributed by atoms with Gasteiger partial charge in [0.25, 0.3) is 5.91 Å². The number of benzene rings is 2. The molecule has 1 amide bonds. The quantitative estimate of drug-likeness (QED) is 0.715. The number of piperazine rings is 1. The molecular weight excluding hydrogens is 374 g/mol. The standard InChI is InChI=1S/C24H29N5O/c1-5-28-10-12-29(13-11-28)20-7-9-21(16(2)14-20)27-24(30)19-6-8-22-23(15-19)26-18(4)17(3)25-22/h6-9,14-15H,5,10-13H2,1-4H3,(H,27,30). The number of fused-ring (bicyclic) bond motifs is 1. The first kappa shape index (κ1) is 20.3. The molecule has 156 valence electrons. The lowest BCUT2D eigenvalue weighted by molar-refractivity contribution is 0.102. The van der Waals surface area contributed by atoms with Crippen molar-refractivity contribution in [3.63, 3.8) is 0 Å². The predicted octanol–water partition coefficient (Wildman–Crippen LogP) is 3.95. The smallest absolute Gasteiger partial charge is 0.255 e. The number of likely N-dealkylation sites (N-methyl/N-ethyl adjacent to an activating group) is 1. The van der Waals surface area contributed by atoms with E-state index in [1.807, 2.05) is 32.9 Å². The van der Waals surface area contributed by atoms with E-state index in [9.17, 15) is 4.79 Å². The van der Waals surface area contributed by atoms with Gasteiger partial charge >= 0.3 is 0 Å². The molecule has 1 saturated heterocycles. The molecule has 0 bridgehead atoms. The molecule has 6 heteroatoms. The van der Waals surface area contributed by atoms with Gasteiger partial charge in [-0.1, -0.05) is 6.92 Å². The SMILES string of the molecule is CCN1CCN(c2ccc(NC(=O)c3ccc4nc(C)c(C)nc4c3)c(C)c2)CC1. The minimum Gasteiger partial charge on any atom is -0.369 e. The maximum atomic E-state index is 12.8. The number of nitrogens with zero attached hydrogens (tertiary/aromatic N) is 4. The van der Waals surface area contributed by atoms with Gasteiger partial charge in [0, 0.05) is 43.1 Å². The van der Waals surface area contributed by atoms with Crippen LogP contribution in [0.5, 0.6) is 0 Å². The minimum absolute atomic E-state index is 0.135. The summed E-state index contributed by atoms with van der Waals surface area (Å²) in [4.78, 5) is 26.8. The van der Waals surface area contributed by atoms with Gasteiger partial charge in [-0.05, 0) is 69.3 Å². The third-order valence-electron chi connectivity index (χ3n) is 5.98. The highest BCUT2D eigenvalue weighted by atomic mass is 16.1. The molecule has 0 radical (unpaired) electrons. The first-order valence-corrected chi connectivity index (χ1v) is 10.6. The molecule has 2 aromatic carbocycles. The Hall–Kier alpha value is -2.99. The van der Waals surface area contributed by atoms with Crippen LogP contribution in [-0.2, 0) is 0 Å². The molecule has 1 N–H and O–H groups in total. The van der Waals surface area contributed by atoms with E-state index in [2.05, 4.69) is 44.1 Å². The highest BCUT2D eigenvalue weighted by Crippen LogP contribution is 2.24. The highest BCUT2D eigenvalue weighted by Gasteiger charge is 2.17. The van der Waals surface area contributed by atoms with Crippen molar-refractivity contribution in [3.05, 3.63) is 58.9 Å². The monoisotopic (exact) mass is 403 g/mol. The van der Waals surface area contributed by atoms with E-state index in [1.165, 1.54) is 5.69 Å². The fourth-order valence-electron chi connectivity index (χ4n) is 3.87. The van der Waals surface area contributed by atoms with Crippen molar-refractivity contribution < 1.29 is 4.79 Å². The number of hydrogen-bond donors (Lipinski definition) is 1. The topological polar surface area (TPSA) is 61.4 Å². The van der Waals surface area contributed by atoms with Crippen LogP contribution in [0.15, 0.2) is 36.4 Å². The molecule has 3 aromatic rings. The second kappa shape index (κ2) is 8.40. The van der Waals surface area contributed by atoms with E-state index in [1.54, 1.807) is 12.1 Å². The molecule has 0 atom stereocenters. The summed E-state index contributed by atoms with van der Waals surface area (Å²) < 4.78 is 0. The summed E-state index contributed by atoms with van der Waals surface area (Å²) in [6.07, 6.45) is 0. The summed E-state index contributed by atoms with van der Waals surface area (Å²) in [6, 6.07) is 11.7. The van der Waals surface area contributed by atoms with Gasteiger partial charge in [0.1, 0.15) is 0 Å². The van der Waals surface area contributed by atoms with Crippen molar-refractivity contribution in [3.8, 4) is 0 Å². The first-order chi connectivity index (χ1) is 14.4. The minimum atomic E-state index is -0.135. The van der Waals surface area contributed by atoms with Crippen molar-refractivity contribution >= 4 is 28.3 Å². The van der Waals surface area contributed by atoms with Crippen LogP contribution in [0.4, 0.5) is 11.4 Å². The van der Waals surface area contributed by atoms with E-state index in [0.29, 0.717) is 5.56 Å². The molecule has 2 heterocycles. The number of aryl methyl sites for hydroxylation is 3. The van der Waals surface area contributed by atoms with Crippen molar-refractivity contribution in [1.29, 1.82) is 0 Å². The molecular formula is C24H29N5O. The Morgan fingerprint density at radius 2 is 1.63 bits per heavy atom. The van der Waals surface area contributed by atoms with Crippen molar-refractivity contribution in [2.45, 2.75) is 27.7 Å². The number of carbonyl (C=O) groups is 1. The first-order valence-electron chi connectivity index (χ1n) is 10.6. The van der Waals surface area contributed by atoms with E-state index in [4.69, 9.17) is 0 Å². The Balaban J connectivity index is 1.49. The maximum Gasteiger partial charge on any atom is 0.255 e. The summed E-state index contributed by atoms with van der Waals surface area (Å²) in [5, 5.41) is 3.05. The van der Waals surface area contributed by atoms with Crippen LogP contribution in [-0.4, -0.2) is 53.5 Å². The number of hydrogen-bond acceptors (Lipinski definition) is 5. The summed E-state index contributed by atoms with van der Waals surface area (Å²) >= 11 is 0. The average Bonchev–Trinajstić information content (AvgIpc) is 2.75. The Kier molecular flexibility index (Phi) is 5.68. The predicted molar refractivity (Wildman–Crippen MR) is 122 cm³/mol. The van der Waals surface area contributed by atoms with Gasteiger partial charge in [-0.25, -0.2) is 9.97 Å². The zero-order valence-electron chi connectivity index (χ0n) is 18.2. The Morgan fingerprint density at radius 1 is 0.933 bits per heavy atom. The fraction of sp³-hybridized carbons (Fsp3) is 0.375. The van der Waals surface area contributed by atoms with Gasteiger partial charge in [-0.2, -0.15) is 0 Å². The number of aromatic nitrogens is 2. The normalized spacial score (nSPS) is 14.9. The molecule has 6 nitrogen and oxygen atoms in total. The van der Waals surface area contributed by atoms with Gasteiger partial charge < -0.3 is 15.1 Å². The Morgan fingerprint density at radius 3 is 2.30 bits per heavy atom. The third-order valence-corrected chi connectivity index (χ3v) is 5.98. The van der Waals surface area contributed by atoms with Crippen LogP contribution in [0.25, 0.3) is 11.0 Å². The van der Waals surface area contributed by atoms with Gasteiger partial charge in [0.05, 0.1) is 22.4 Å². The van der Waals surface area contributed by atoms with Crippen LogP contribution >= 0.6 is 0 Å². The van der Waals surface area contributed by atoms with Gasteiger partial charge in [0.2, 0.25) is 0 Å². The van der Waals surface area contributed by atoms with E-state index in [-0.39, 0.29) is 5.91 Å². The summed E-state index contributed by atoms with van der Waals surface area (Å²) in [7, 11) is 0. The average molecular weight is 404 g/mol. The lowest BCUT2D eigenvalue weighted by Gasteiger charge is -2.35. The molecule has 30 heavy (non-hydrogen) atoms. The molecule has 1 aliphatic rings. The second-order valence-corrected chi connectivity index (χ2v) is 7.97. The second-order valence-electron chi connectivity index (χ2n) is 7.97. The molecule has 1 aromatic heterocycles. The Bertz CT molecular complexity index is 1090. The van der Waals surface area contributed by atoms with Gasteiger partial charge in [-0.3, -0.25) is 4.79 Å². The molecule has 1 fully saturated rings. The highest BCUT2D eigenvalue weighted by molar-refractivity contribution is 6.06. The van der Waals surface area contributed by atoms with E-state index in [0.717, 1.165) is 66.4 Å². The third kappa shape index (κ3) is 4.14.